The number of carbonyl (C=O) groups is 2. The van der Waals surface area contributed by atoms with Gasteiger partial charge < -0.3 is 10.6 Å². The predicted octanol–water partition coefficient (Wildman–Crippen LogP) is 2.02. The molecule has 0 saturated carbocycles. The van der Waals surface area contributed by atoms with Gasteiger partial charge in [0.2, 0.25) is 5.91 Å². The molecule has 0 radical (unpaired) electrons. The Morgan fingerprint density at radius 3 is 2.28 bits per heavy atom. The Bertz CT molecular complexity index is 873. The van der Waals surface area contributed by atoms with Crippen molar-refractivity contribution >= 4 is 11.8 Å². The average Bonchev–Trinajstić information content (AvgIpc) is 3.12. The number of rotatable bonds is 5. The van der Waals surface area contributed by atoms with Gasteiger partial charge in [-0.25, -0.2) is 4.68 Å². The van der Waals surface area contributed by atoms with Crippen molar-refractivity contribution in [1.29, 1.82) is 0 Å². The monoisotopic (exact) mass is 334 g/mol. The number of amides is 2. The zero-order valence-electron chi connectivity index (χ0n) is 13.8. The molecule has 2 amide bonds. The van der Waals surface area contributed by atoms with Gasteiger partial charge in [0.25, 0.3) is 5.91 Å². The molecule has 1 aromatic heterocycles. The van der Waals surface area contributed by atoms with E-state index in [9.17, 15) is 9.59 Å². The summed E-state index contributed by atoms with van der Waals surface area (Å²) in [6.45, 7) is -0.0833. The Morgan fingerprint density at radius 1 is 1.00 bits per heavy atom. The molecule has 0 saturated heterocycles. The van der Waals surface area contributed by atoms with E-state index in [0.717, 1.165) is 11.3 Å². The molecule has 2 N–H and O–H groups in total. The molecule has 2 aromatic carbocycles. The largest absolute Gasteiger partial charge is 0.358 e. The van der Waals surface area contributed by atoms with Gasteiger partial charge in [0.15, 0.2) is 0 Å². The first kappa shape index (κ1) is 16.4. The highest BCUT2D eigenvalue weighted by Gasteiger charge is 2.18. The molecular formula is C19H18N4O2. The second-order valence-corrected chi connectivity index (χ2v) is 5.39. The minimum atomic E-state index is -0.343. The van der Waals surface area contributed by atoms with Gasteiger partial charge in [-0.3, -0.25) is 9.59 Å². The van der Waals surface area contributed by atoms with Gasteiger partial charge in [0.05, 0.1) is 17.8 Å². The highest BCUT2D eigenvalue weighted by atomic mass is 16.2. The summed E-state index contributed by atoms with van der Waals surface area (Å²) in [5.74, 6) is -0.602. The standard InChI is InChI=1S/C19H18N4O2/c1-20-17(24)12-21-19(25)16-13-23(15-10-6-3-7-11-15)22-18(16)14-8-4-2-5-9-14/h2-11,13H,12H2,1H3,(H,20,24)(H,21,25). The second kappa shape index (κ2) is 7.44. The van der Waals surface area contributed by atoms with Crippen LogP contribution in [0.4, 0.5) is 0 Å². The summed E-state index contributed by atoms with van der Waals surface area (Å²) in [7, 11) is 1.53. The number of benzene rings is 2. The van der Waals surface area contributed by atoms with E-state index in [1.54, 1.807) is 10.9 Å². The summed E-state index contributed by atoms with van der Waals surface area (Å²) < 4.78 is 1.66. The number of hydrogen-bond acceptors (Lipinski definition) is 3. The van der Waals surface area contributed by atoms with E-state index in [2.05, 4.69) is 15.7 Å². The molecule has 0 atom stereocenters. The number of aromatic nitrogens is 2. The molecule has 3 rings (SSSR count). The van der Waals surface area contributed by atoms with Crippen molar-refractivity contribution in [1.82, 2.24) is 20.4 Å². The van der Waals surface area contributed by atoms with Gasteiger partial charge in [-0.05, 0) is 12.1 Å². The molecule has 0 aliphatic heterocycles. The minimum absolute atomic E-state index is 0.0833. The quantitative estimate of drug-likeness (QED) is 0.749. The maximum atomic E-state index is 12.6. The summed E-state index contributed by atoms with van der Waals surface area (Å²) in [6, 6.07) is 19.0. The summed E-state index contributed by atoms with van der Waals surface area (Å²) in [6.07, 6.45) is 1.68. The Morgan fingerprint density at radius 2 is 1.64 bits per heavy atom. The van der Waals surface area contributed by atoms with Gasteiger partial charge in [-0.15, -0.1) is 0 Å². The molecule has 126 valence electrons. The zero-order valence-corrected chi connectivity index (χ0v) is 13.8. The SMILES string of the molecule is CNC(=O)CNC(=O)c1cn(-c2ccccc2)nc1-c1ccccc1. The second-order valence-electron chi connectivity index (χ2n) is 5.39. The van der Waals surface area contributed by atoms with E-state index in [4.69, 9.17) is 0 Å². The first-order valence-corrected chi connectivity index (χ1v) is 7.88. The van der Waals surface area contributed by atoms with Crippen LogP contribution in [0.5, 0.6) is 0 Å². The Kier molecular flexibility index (Phi) is 4.89. The molecule has 1 heterocycles. The molecule has 0 aliphatic carbocycles. The first-order valence-electron chi connectivity index (χ1n) is 7.88. The molecule has 0 aliphatic rings. The molecule has 0 spiro atoms. The molecular weight excluding hydrogens is 316 g/mol. The minimum Gasteiger partial charge on any atom is -0.358 e. The Labute approximate surface area is 145 Å². The lowest BCUT2D eigenvalue weighted by Gasteiger charge is -2.04. The fourth-order valence-corrected chi connectivity index (χ4v) is 2.41. The molecule has 6 nitrogen and oxygen atoms in total. The van der Waals surface area contributed by atoms with Crippen molar-refractivity contribution in [3.05, 3.63) is 72.4 Å². The van der Waals surface area contributed by atoms with Gasteiger partial charge in [-0.1, -0.05) is 48.5 Å². The van der Waals surface area contributed by atoms with E-state index in [1.165, 1.54) is 7.05 Å². The van der Waals surface area contributed by atoms with Crippen molar-refractivity contribution in [2.75, 3.05) is 13.6 Å². The molecule has 0 bridgehead atoms. The molecule has 0 fully saturated rings. The lowest BCUT2D eigenvalue weighted by Crippen LogP contribution is -2.35. The summed E-state index contributed by atoms with van der Waals surface area (Å²) in [5.41, 5.74) is 2.67. The van der Waals surface area contributed by atoms with Crippen molar-refractivity contribution in [3.63, 3.8) is 0 Å². The Balaban J connectivity index is 1.99. The van der Waals surface area contributed by atoms with E-state index in [1.807, 2.05) is 60.7 Å². The van der Waals surface area contributed by atoms with E-state index in [0.29, 0.717) is 11.3 Å². The van der Waals surface area contributed by atoms with Crippen LogP contribution >= 0.6 is 0 Å². The topological polar surface area (TPSA) is 76.0 Å². The van der Waals surface area contributed by atoms with Crippen molar-refractivity contribution < 1.29 is 9.59 Å². The van der Waals surface area contributed by atoms with Crippen LogP contribution in [0.15, 0.2) is 66.9 Å². The number of likely N-dealkylation sites (N-methyl/N-ethyl adjacent to an activating group) is 1. The fraction of sp³-hybridized carbons (Fsp3) is 0.105. The summed E-state index contributed by atoms with van der Waals surface area (Å²) in [4.78, 5) is 23.9. The van der Waals surface area contributed by atoms with Crippen molar-refractivity contribution in [2.24, 2.45) is 0 Å². The number of hydrogen-bond donors (Lipinski definition) is 2. The van der Waals surface area contributed by atoms with Gasteiger partial charge in [0, 0.05) is 18.8 Å². The van der Waals surface area contributed by atoms with E-state index < -0.39 is 0 Å². The third kappa shape index (κ3) is 3.74. The normalized spacial score (nSPS) is 10.3. The van der Waals surface area contributed by atoms with Crippen LogP contribution in [0.1, 0.15) is 10.4 Å². The van der Waals surface area contributed by atoms with Gasteiger partial charge >= 0.3 is 0 Å². The molecule has 3 aromatic rings. The van der Waals surface area contributed by atoms with E-state index >= 15 is 0 Å². The third-order valence-electron chi connectivity index (χ3n) is 3.72. The average molecular weight is 334 g/mol. The van der Waals surface area contributed by atoms with Crippen molar-refractivity contribution in [3.8, 4) is 16.9 Å². The first-order chi connectivity index (χ1) is 12.2. The molecule has 25 heavy (non-hydrogen) atoms. The van der Waals surface area contributed by atoms with E-state index in [-0.39, 0.29) is 18.4 Å². The smallest absolute Gasteiger partial charge is 0.255 e. The zero-order chi connectivity index (χ0) is 17.6. The maximum Gasteiger partial charge on any atom is 0.255 e. The fourth-order valence-electron chi connectivity index (χ4n) is 2.41. The van der Waals surface area contributed by atoms with Crippen LogP contribution in [-0.2, 0) is 4.79 Å². The van der Waals surface area contributed by atoms with Gasteiger partial charge in [-0.2, -0.15) is 5.10 Å². The van der Waals surface area contributed by atoms with Crippen LogP contribution < -0.4 is 10.6 Å². The number of para-hydroxylation sites is 1. The van der Waals surface area contributed by atoms with Crippen LogP contribution in [0.3, 0.4) is 0 Å². The van der Waals surface area contributed by atoms with Crippen LogP contribution in [0.2, 0.25) is 0 Å². The van der Waals surface area contributed by atoms with Crippen LogP contribution in [-0.4, -0.2) is 35.2 Å². The summed E-state index contributed by atoms with van der Waals surface area (Å²) >= 11 is 0. The summed E-state index contributed by atoms with van der Waals surface area (Å²) in [5, 5.41) is 9.67. The van der Waals surface area contributed by atoms with Gasteiger partial charge in [0.1, 0.15) is 5.69 Å². The predicted molar refractivity (Wildman–Crippen MR) is 95.4 cm³/mol. The maximum absolute atomic E-state index is 12.6. The Hall–Kier alpha value is -3.41. The lowest BCUT2D eigenvalue weighted by atomic mass is 10.1. The lowest BCUT2D eigenvalue weighted by molar-refractivity contribution is -0.119. The van der Waals surface area contributed by atoms with Crippen LogP contribution in [0.25, 0.3) is 16.9 Å². The third-order valence-corrected chi connectivity index (χ3v) is 3.72. The number of carbonyl (C=O) groups excluding carboxylic acids is 2. The molecule has 6 heteroatoms. The highest BCUT2D eigenvalue weighted by molar-refractivity contribution is 6.01. The number of nitrogens with one attached hydrogen (secondary N) is 2. The molecule has 0 unspecified atom stereocenters. The van der Waals surface area contributed by atoms with Crippen molar-refractivity contribution in [2.45, 2.75) is 0 Å². The number of nitrogens with zero attached hydrogens (tertiary/aromatic N) is 2. The highest BCUT2D eigenvalue weighted by Crippen LogP contribution is 2.23. The van der Waals surface area contributed by atoms with Crippen LogP contribution in [0, 0.1) is 0 Å².